The number of thioether (sulfide) groups is 1. The molecule has 4 heteroatoms. The highest BCUT2D eigenvalue weighted by atomic mass is 35.5. The second-order valence-electron chi connectivity index (χ2n) is 5.06. The predicted molar refractivity (Wildman–Crippen MR) is 78.0 cm³/mol. The zero-order valence-electron chi connectivity index (χ0n) is 12.1. The first-order chi connectivity index (χ1) is 8.25. The van der Waals surface area contributed by atoms with E-state index in [0.717, 1.165) is 5.88 Å². The summed E-state index contributed by atoms with van der Waals surface area (Å²) in [6.07, 6.45) is 13.5. The van der Waals surface area contributed by atoms with Gasteiger partial charge in [-0.05, 0) is 12.2 Å². The Kier molecular flexibility index (Phi) is 11.1. The van der Waals surface area contributed by atoms with Gasteiger partial charge in [-0.25, -0.2) is 0 Å². The summed E-state index contributed by atoms with van der Waals surface area (Å²) in [5.41, 5.74) is 0. The summed E-state index contributed by atoms with van der Waals surface area (Å²) in [6.45, 7) is 4.57. The van der Waals surface area contributed by atoms with Crippen LogP contribution in [0.15, 0.2) is 12.4 Å². The summed E-state index contributed by atoms with van der Waals surface area (Å²) in [5.74, 6) is 2.48. The standard InChI is InChI=1S/C14H28N2S.ClH/c1-4-5-6-7-8-9-12-17-13-16-11-10-15(3)14(16)2;/h10-11,14H,4-9,12-13H2,1-3H3;1H. The molecule has 108 valence electrons. The molecule has 0 aromatic heterocycles. The maximum Gasteiger partial charge on any atom is 0.164 e. The van der Waals surface area contributed by atoms with Crippen molar-refractivity contribution in [2.75, 3.05) is 18.7 Å². The van der Waals surface area contributed by atoms with Crippen molar-refractivity contribution in [1.29, 1.82) is 0 Å². The van der Waals surface area contributed by atoms with Crippen LogP contribution in [0.3, 0.4) is 0 Å². The fraction of sp³-hybridized carbons (Fsp3) is 0.857. The lowest BCUT2D eigenvalue weighted by molar-refractivity contribution is -0.854. The van der Waals surface area contributed by atoms with Crippen molar-refractivity contribution in [2.24, 2.45) is 0 Å². The van der Waals surface area contributed by atoms with Crippen LogP contribution in [0, 0.1) is 0 Å². The van der Waals surface area contributed by atoms with Gasteiger partial charge < -0.3 is 17.3 Å². The quantitative estimate of drug-likeness (QED) is 0.583. The van der Waals surface area contributed by atoms with Crippen LogP contribution in [0.5, 0.6) is 0 Å². The van der Waals surface area contributed by atoms with E-state index in [4.69, 9.17) is 0 Å². The Morgan fingerprint density at radius 3 is 2.44 bits per heavy atom. The van der Waals surface area contributed by atoms with Crippen molar-refractivity contribution < 1.29 is 17.3 Å². The van der Waals surface area contributed by atoms with E-state index in [0.29, 0.717) is 6.17 Å². The lowest BCUT2D eigenvalue weighted by atomic mass is 10.1. The predicted octanol–water partition coefficient (Wildman–Crippen LogP) is -0.311. The molecular weight excluding hydrogens is 264 g/mol. The molecule has 2 atom stereocenters. The van der Waals surface area contributed by atoms with Crippen LogP contribution in [-0.4, -0.2) is 29.7 Å². The number of rotatable bonds is 9. The molecule has 1 aliphatic heterocycles. The second-order valence-corrected chi connectivity index (χ2v) is 6.13. The normalized spacial score (nSPS) is 22.3. The largest absolute Gasteiger partial charge is 1.00 e. The maximum absolute atomic E-state index is 2.44. The van der Waals surface area contributed by atoms with Gasteiger partial charge >= 0.3 is 0 Å². The zero-order chi connectivity index (χ0) is 12.5. The second kappa shape index (κ2) is 11.0. The summed E-state index contributed by atoms with van der Waals surface area (Å²) in [7, 11) is 2.22. The molecule has 2 nitrogen and oxygen atoms in total. The molecule has 1 heterocycles. The molecule has 0 spiro atoms. The van der Waals surface area contributed by atoms with Gasteiger partial charge in [-0.1, -0.05) is 39.0 Å². The molecule has 0 amide bonds. The molecule has 0 aliphatic carbocycles. The van der Waals surface area contributed by atoms with E-state index in [-0.39, 0.29) is 12.4 Å². The monoisotopic (exact) mass is 292 g/mol. The lowest BCUT2D eigenvalue weighted by Crippen LogP contribution is -3.07. The number of nitrogens with zero attached hydrogens (tertiary/aromatic N) is 1. The molecule has 0 aromatic carbocycles. The minimum Gasteiger partial charge on any atom is -1.00 e. The van der Waals surface area contributed by atoms with E-state index in [1.54, 1.807) is 0 Å². The molecule has 0 saturated carbocycles. The number of halogens is 1. The zero-order valence-corrected chi connectivity index (χ0v) is 13.7. The van der Waals surface area contributed by atoms with Crippen molar-refractivity contribution in [3.05, 3.63) is 12.4 Å². The molecule has 1 N–H and O–H groups in total. The van der Waals surface area contributed by atoms with Crippen LogP contribution >= 0.6 is 11.8 Å². The maximum atomic E-state index is 2.44. The third-order valence-electron chi connectivity index (χ3n) is 3.57. The molecule has 0 saturated heterocycles. The van der Waals surface area contributed by atoms with Gasteiger partial charge in [0.1, 0.15) is 6.20 Å². The number of quaternary nitrogens is 1. The molecule has 0 radical (unpaired) electrons. The Bertz CT molecular complexity index is 224. The SMILES string of the molecule is CCCCCCCCSCN1C=C[NH+](C)C1C.[Cl-]. The highest BCUT2D eigenvalue weighted by Crippen LogP contribution is 2.12. The summed E-state index contributed by atoms with van der Waals surface area (Å²) in [6, 6.07) is 0. The Hall–Kier alpha value is 0.140. The molecule has 2 unspecified atom stereocenters. The van der Waals surface area contributed by atoms with Gasteiger partial charge in [-0.15, -0.1) is 11.8 Å². The van der Waals surface area contributed by atoms with Crippen LogP contribution < -0.4 is 17.3 Å². The van der Waals surface area contributed by atoms with Crippen LogP contribution in [0.1, 0.15) is 52.4 Å². The minimum atomic E-state index is 0. The van der Waals surface area contributed by atoms with E-state index in [9.17, 15) is 0 Å². The summed E-state index contributed by atoms with van der Waals surface area (Å²) in [5, 5.41) is 0. The number of hydrogen-bond acceptors (Lipinski definition) is 2. The van der Waals surface area contributed by atoms with Crippen molar-refractivity contribution in [3.63, 3.8) is 0 Å². The minimum absolute atomic E-state index is 0. The first kappa shape index (κ1) is 18.1. The first-order valence-electron chi connectivity index (χ1n) is 7.11. The van der Waals surface area contributed by atoms with Crippen molar-refractivity contribution >= 4 is 11.8 Å². The highest BCUT2D eigenvalue weighted by Gasteiger charge is 2.22. The van der Waals surface area contributed by atoms with Crippen LogP contribution in [0.2, 0.25) is 0 Å². The lowest BCUT2D eigenvalue weighted by Gasteiger charge is -2.22. The topological polar surface area (TPSA) is 7.68 Å². The van der Waals surface area contributed by atoms with E-state index in [2.05, 4.69) is 50.0 Å². The average molecular weight is 293 g/mol. The van der Waals surface area contributed by atoms with Crippen LogP contribution in [0.25, 0.3) is 0 Å². The number of hydrogen-bond donors (Lipinski definition) is 1. The van der Waals surface area contributed by atoms with E-state index < -0.39 is 0 Å². The van der Waals surface area contributed by atoms with Crippen molar-refractivity contribution in [3.8, 4) is 0 Å². The Morgan fingerprint density at radius 1 is 1.17 bits per heavy atom. The molecule has 18 heavy (non-hydrogen) atoms. The highest BCUT2D eigenvalue weighted by molar-refractivity contribution is 7.99. The van der Waals surface area contributed by atoms with Gasteiger partial charge in [0.15, 0.2) is 6.17 Å². The fourth-order valence-electron chi connectivity index (χ4n) is 2.05. The van der Waals surface area contributed by atoms with Crippen LogP contribution in [-0.2, 0) is 0 Å². The third-order valence-corrected chi connectivity index (χ3v) is 4.63. The van der Waals surface area contributed by atoms with Crippen molar-refractivity contribution in [2.45, 2.75) is 58.5 Å². The Morgan fingerprint density at radius 2 is 1.83 bits per heavy atom. The van der Waals surface area contributed by atoms with E-state index >= 15 is 0 Å². The summed E-state index contributed by atoms with van der Waals surface area (Å²) in [4.78, 5) is 3.93. The van der Waals surface area contributed by atoms with Gasteiger partial charge in [0.05, 0.1) is 19.1 Å². The fourth-order valence-corrected chi connectivity index (χ4v) is 3.11. The first-order valence-corrected chi connectivity index (χ1v) is 8.26. The van der Waals surface area contributed by atoms with Gasteiger partial charge in [0.25, 0.3) is 0 Å². The Labute approximate surface area is 124 Å². The molecule has 0 fully saturated rings. The molecular formula is C14H29ClN2S. The summed E-state index contributed by atoms with van der Waals surface area (Å²) >= 11 is 2.08. The average Bonchev–Trinajstić information content (AvgIpc) is 2.64. The number of unbranched alkanes of at least 4 members (excludes halogenated alkanes) is 5. The van der Waals surface area contributed by atoms with Gasteiger partial charge in [0.2, 0.25) is 0 Å². The summed E-state index contributed by atoms with van der Waals surface area (Å²) < 4.78 is 0. The van der Waals surface area contributed by atoms with Gasteiger partial charge in [-0.3, -0.25) is 4.90 Å². The third kappa shape index (κ3) is 6.91. The molecule has 0 bridgehead atoms. The molecule has 0 aromatic rings. The van der Waals surface area contributed by atoms with E-state index in [1.807, 2.05) is 0 Å². The van der Waals surface area contributed by atoms with Crippen molar-refractivity contribution in [1.82, 2.24) is 4.90 Å². The molecule has 1 aliphatic rings. The van der Waals surface area contributed by atoms with Gasteiger partial charge in [-0.2, -0.15) is 0 Å². The van der Waals surface area contributed by atoms with Crippen LogP contribution in [0.4, 0.5) is 0 Å². The molecule has 1 rings (SSSR count). The number of nitrogens with one attached hydrogen (secondary N) is 1. The van der Waals surface area contributed by atoms with Gasteiger partial charge in [0, 0.05) is 6.92 Å². The Balaban J connectivity index is 0.00000289. The van der Waals surface area contributed by atoms with E-state index in [1.165, 1.54) is 49.2 Å². The smallest absolute Gasteiger partial charge is 0.164 e.